The van der Waals surface area contributed by atoms with Crippen LogP contribution in [0.1, 0.15) is 0 Å². The van der Waals surface area contributed by atoms with Crippen molar-refractivity contribution in [3.8, 4) is 5.75 Å². The van der Waals surface area contributed by atoms with Gasteiger partial charge >= 0.3 is 6.03 Å². The Morgan fingerprint density at radius 3 is 2.78 bits per heavy atom. The molecule has 0 aromatic heterocycles. The van der Waals surface area contributed by atoms with Crippen LogP contribution in [0, 0.1) is 5.92 Å². The molecule has 144 valence electrons. The van der Waals surface area contributed by atoms with Crippen molar-refractivity contribution < 1.29 is 29.3 Å². The Hall–Kier alpha value is -2.78. The highest BCUT2D eigenvalue weighted by molar-refractivity contribution is 6.32. The Kier molecular flexibility index (Phi) is 6.15. The van der Waals surface area contributed by atoms with E-state index in [4.69, 9.17) is 4.74 Å². The molecule has 0 spiro atoms. The number of aliphatic imine (C=N–C) groups is 1. The van der Waals surface area contributed by atoms with Crippen molar-refractivity contribution in [3.05, 3.63) is 24.3 Å². The van der Waals surface area contributed by atoms with Crippen LogP contribution in [-0.4, -0.2) is 70.4 Å². The summed E-state index contributed by atoms with van der Waals surface area (Å²) >= 11 is 0. The van der Waals surface area contributed by atoms with E-state index in [2.05, 4.69) is 15.6 Å². The fourth-order valence-electron chi connectivity index (χ4n) is 3.30. The Balaban J connectivity index is 1.69. The summed E-state index contributed by atoms with van der Waals surface area (Å²) in [5.74, 6) is -2.04. The van der Waals surface area contributed by atoms with Crippen LogP contribution in [0.4, 0.5) is 10.5 Å². The maximum absolute atomic E-state index is 12.8. The van der Waals surface area contributed by atoms with E-state index in [1.165, 1.54) is 18.2 Å². The molecule has 2 aliphatic rings. The number of para-hydroxylation sites is 2. The summed E-state index contributed by atoms with van der Waals surface area (Å²) in [5.41, 5.74) is 0.294. The Morgan fingerprint density at radius 1 is 1.30 bits per heavy atom. The molecule has 0 bridgehead atoms. The number of nitrogens with one attached hydrogen (secondary N) is 2. The van der Waals surface area contributed by atoms with Gasteiger partial charge in [-0.1, -0.05) is 12.1 Å². The van der Waals surface area contributed by atoms with Crippen molar-refractivity contribution in [2.75, 3.05) is 51.3 Å². The lowest BCUT2D eigenvalue weighted by atomic mass is 10.1. The highest BCUT2D eigenvalue weighted by Crippen LogP contribution is 2.30. The minimum absolute atomic E-state index is 0.294. The number of hydrogen-bond donors (Lipinski definition) is 3. The molecule has 2 heterocycles. The number of ether oxygens (including phenoxy) is 1. The molecule has 1 atom stereocenters. The van der Waals surface area contributed by atoms with Gasteiger partial charge in [-0.15, -0.1) is 0 Å². The summed E-state index contributed by atoms with van der Waals surface area (Å²) in [5, 5.41) is 4.51. The van der Waals surface area contributed by atoms with Crippen LogP contribution in [0.15, 0.2) is 29.3 Å². The van der Waals surface area contributed by atoms with Gasteiger partial charge in [-0.2, -0.15) is 0 Å². The van der Waals surface area contributed by atoms with E-state index in [0.29, 0.717) is 18.0 Å². The molecule has 9 heteroatoms. The van der Waals surface area contributed by atoms with Crippen LogP contribution >= 0.6 is 0 Å². The molecule has 4 amide bonds. The van der Waals surface area contributed by atoms with Crippen LogP contribution in [0.2, 0.25) is 0 Å². The molecule has 3 rings (SSSR count). The number of nitrogens with two attached hydrogens (primary N) is 1. The lowest BCUT2D eigenvalue weighted by molar-refractivity contribution is -0.945. The number of barbiturate groups is 1. The molecule has 9 nitrogen and oxygen atoms in total. The summed E-state index contributed by atoms with van der Waals surface area (Å²) in [6, 6.07) is 5.88. The van der Waals surface area contributed by atoms with Gasteiger partial charge in [-0.05, 0) is 12.1 Å². The minimum atomic E-state index is -1.13. The van der Waals surface area contributed by atoms with Crippen LogP contribution in [0.3, 0.4) is 0 Å². The quantitative estimate of drug-likeness (QED) is 0.375. The van der Waals surface area contributed by atoms with Gasteiger partial charge < -0.3 is 15.0 Å². The van der Waals surface area contributed by atoms with Crippen LogP contribution < -0.4 is 25.2 Å². The second kappa shape index (κ2) is 8.74. The second-order valence-electron chi connectivity index (χ2n) is 6.54. The molecule has 0 unspecified atom stereocenters. The molecule has 2 aliphatic heterocycles. The average Bonchev–Trinajstić information content (AvgIpc) is 2.68. The number of anilines is 1. The number of carbonyl (C=O) groups excluding carboxylic acids is 3. The number of amides is 4. The normalized spacial score (nSPS) is 21.6. The monoisotopic (exact) mass is 375 g/mol. The highest BCUT2D eigenvalue weighted by Gasteiger charge is 2.41. The maximum atomic E-state index is 12.8. The zero-order chi connectivity index (χ0) is 19.2. The number of carbonyl (C=O) groups is 3. The number of hydrogen-bond acceptors (Lipinski definition) is 5. The summed E-state index contributed by atoms with van der Waals surface area (Å²) in [7, 11) is 1.45. The first-order valence-corrected chi connectivity index (χ1v) is 9.09. The SMILES string of the molecule is COc1ccccc1N1C(=O)NC(=O)[C@@H](C=NCC[NH+]2CC[NH2+]CC2)C1=O. The predicted molar refractivity (Wildman–Crippen MR) is 98.1 cm³/mol. The molecule has 0 aliphatic carbocycles. The molecule has 1 aromatic carbocycles. The third kappa shape index (κ3) is 4.32. The molecule has 4 N–H and O–H groups in total. The summed E-state index contributed by atoms with van der Waals surface area (Å²) in [6.45, 7) is 5.80. The first kappa shape index (κ1) is 19.0. The molecule has 0 saturated carbocycles. The van der Waals surface area contributed by atoms with Gasteiger partial charge in [-0.25, -0.2) is 9.69 Å². The van der Waals surface area contributed by atoms with Crippen molar-refractivity contribution in [3.63, 3.8) is 0 Å². The van der Waals surface area contributed by atoms with Crippen LogP contribution in [0.5, 0.6) is 5.75 Å². The molecular formula is C18H25N5O4+2. The van der Waals surface area contributed by atoms with Crippen molar-refractivity contribution in [1.82, 2.24) is 5.32 Å². The van der Waals surface area contributed by atoms with Gasteiger partial charge in [0.2, 0.25) is 5.91 Å². The average molecular weight is 375 g/mol. The van der Waals surface area contributed by atoms with Gasteiger partial charge in [0, 0.05) is 6.21 Å². The van der Waals surface area contributed by atoms with Crippen molar-refractivity contribution >= 4 is 29.7 Å². The number of piperazine rings is 1. The summed E-state index contributed by atoms with van der Waals surface area (Å²) in [6.07, 6.45) is 1.35. The number of quaternary nitrogens is 2. The van der Waals surface area contributed by atoms with Gasteiger partial charge in [-0.3, -0.25) is 19.9 Å². The van der Waals surface area contributed by atoms with E-state index in [0.717, 1.165) is 37.6 Å². The smallest absolute Gasteiger partial charge is 0.335 e. The summed E-state index contributed by atoms with van der Waals surface area (Å²) in [4.78, 5) is 43.8. The minimum Gasteiger partial charge on any atom is -0.495 e. The third-order valence-electron chi connectivity index (χ3n) is 4.78. The lowest BCUT2D eigenvalue weighted by Crippen LogP contribution is -3.20. The predicted octanol–water partition coefficient (Wildman–Crippen LogP) is -2.57. The van der Waals surface area contributed by atoms with E-state index >= 15 is 0 Å². The lowest BCUT2D eigenvalue weighted by Gasteiger charge is -2.29. The van der Waals surface area contributed by atoms with Crippen molar-refractivity contribution in [2.45, 2.75) is 0 Å². The molecule has 2 saturated heterocycles. The van der Waals surface area contributed by atoms with Gasteiger partial charge in [0.1, 0.15) is 31.9 Å². The molecule has 27 heavy (non-hydrogen) atoms. The maximum Gasteiger partial charge on any atom is 0.335 e. The van der Waals surface area contributed by atoms with Gasteiger partial charge in [0.25, 0.3) is 5.91 Å². The van der Waals surface area contributed by atoms with Gasteiger partial charge in [0.15, 0.2) is 5.92 Å². The number of methoxy groups -OCH3 is 1. The summed E-state index contributed by atoms with van der Waals surface area (Å²) < 4.78 is 5.23. The largest absolute Gasteiger partial charge is 0.495 e. The third-order valence-corrected chi connectivity index (χ3v) is 4.78. The fraction of sp³-hybridized carbons (Fsp3) is 0.444. The van der Waals surface area contributed by atoms with Crippen LogP contribution in [0.25, 0.3) is 0 Å². The number of rotatable bonds is 6. The number of imide groups is 2. The van der Waals surface area contributed by atoms with E-state index in [9.17, 15) is 14.4 Å². The standard InChI is InChI=1S/C18H23N5O4/c1-27-15-5-3-2-4-14(15)23-17(25)13(16(24)21-18(23)26)12-20-8-11-22-9-6-19-7-10-22/h2-5,12-13,19H,6-11H2,1H3,(H,21,24,26)/p+2/t13-/m1/s1. The second-order valence-corrected chi connectivity index (χ2v) is 6.54. The first-order chi connectivity index (χ1) is 13.1. The number of urea groups is 1. The van der Waals surface area contributed by atoms with Gasteiger partial charge in [0.05, 0.1) is 25.9 Å². The Labute approximate surface area is 157 Å². The van der Waals surface area contributed by atoms with E-state index in [1.54, 1.807) is 24.3 Å². The molecule has 0 radical (unpaired) electrons. The highest BCUT2D eigenvalue weighted by atomic mass is 16.5. The van der Waals surface area contributed by atoms with Crippen molar-refractivity contribution in [2.24, 2.45) is 10.9 Å². The fourth-order valence-corrected chi connectivity index (χ4v) is 3.30. The van der Waals surface area contributed by atoms with E-state index in [1.807, 2.05) is 0 Å². The molecule has 2 fully saturated rings. The number of nitrogens with zero attached hydrogens (tertiary/aromatic N) is 2. The zero-order valence-electron chi connectivity index (χ0n) is 15.3. The van der Waals surface area contributed by atoms with Crippen LogP contribution in [-0.2, 0) is 9.59 Å². The molecule has 1 aromatic rings. The van der Waals surface area contributed by atoms with E-state index < -0.39 is 23.8 Å². The molecular weight excluding hydrogens is 350 g/mol. The number of benzene rings is 1. The Bertz CT molecular complexity index is 745. The van der Waals surface area contributed by atoms with Crippen molar-refractivity contribution in [1.29, 1.82) is 0 Å². The van der Waals surface area contributed by atoms with E-state index in [-0.39, 0.29) is 0 Å². The zero-order valence-corrected chi connectivity index (χ0v) is 15.3. The first-order valence-electron chi connectivity index (χ1n) is 9.09. The topological polar surface area (TPSA) is 109 Å². The Morgan fingerprint density at radius 2 is 2.04 bits per heavy atom.